The van der Waals surface area contributed by atoms with Crippen molar-refractivity contribution in [2.24, 2.45) is 5.10 Å². The number of aromatic nitrogens is 1. The maximum Gasteiger partial charge on any atom is 0.149 e. The molecule has 0 bridgehead atoms. The van der Waals surface area contributed by atoms with Gasteiger partial charge in [0.25, 0.3) is 0 Å². The van der Waals surface area contributed by atoms with Gasteiger partial charge in [-0.15, -0.1) is 12.6 Å². The first kappa shape index (κ1) is 7.94. The Morgan fingerprint density at radius 1 is 1.58 bits per heavy atom. The van der Waals surface area contributed by atoms with E-state index in [2.05, 4.69) is 22.7 Å². The summed E-state index contributed by atoms with van der Waals surface area (Å²) in [4.78, 5) is 4.01. The summed E-state index contributed by atoms with van der Waals surface area (Å²) in [5.41, 5.74) is 1.01. The van der Waals surface area contributed by atoms with Gasteiger partial charge in [-0.2, -0.15) is 5.10 Å². The number of pyridine rings is 1. The molecule has 0 amide bonds. The van der Waals surface area contributed by atoms with E-state index in [1.165, 1.54) is 0 Å². The van der Waals surface area contributed by atoms with Crippen LogP contribution in [0.5, 0.6) is 0 Å². The lowest BCUT2D eigenvalue weighted by Gasteiger charge is -2.10. The molecular formula is C7H7N3S2. The average molecular weight is 197 g/mol. The van der Waals surface area contributed by atoms with E-state index >= 15 is 0 Å². The van der Waals surface area contributed by atoms with E-state index in [1.54, 1.807) is 24.2 Å². The molecule has 62 valence electrons. The molecule has 1 aromatic rings. The molecule has 0 aromatic carbocycles. The summed E-state index contributed by atoms with van der Waals surface area (Å²) in [6.45, 7) is 0. The van der Waals surface area contributed by atoms with Crippen molar-refractivity contribution in [3.8, 4) is 0 Å². The van der Waals surface area contributed by atoms with E-state index in [0.29, 0.717) is 0 Å². The zero-order chi connectivity index (χ0) is 8.39. The van der Waals surface area contributed by atoms with Crippen LogP contribution in [0.3, 0.4) is 0 Å². The highest BCUT2D eigenvalue weighted by Crippen LogP contribution is 2.24. The molecule has 3 nitrogen and oxygen atoms in total. The number of hydrogen-bond acceptors (Lipinski definition) is 4. The predicted octanol–water partition coefficient (Wildman–Crippen LogP) is 1.79. The molecule has 0 aliphatic carbocycles. The van der Waals surface area contributed by atoms with Crippen molar-refractivity contribution < 1.29 is 0 Å². The van der Waals surface area contributed by atoms with Crippen LogP contribution in [0.1, 0.15) is 0 Å². The molecule has 1 aliphatic rings. The second-order valence-electron chi connectivity index (χ2n) is 2.27. The lowest BCUT2D eigenvalue weighted by molar-refractivity contribution is 1.00. The molecule has 12 heavy (non-hydrogen) atoms. The maximum absolute atomic E-state index is 4.20. The third kappa shape index (κ3) is 1.56. The average Bonchev–Trinajstić information content (AvgIpc) is 2.54. The first-order valence-corrected chi connectivity index (χ1v) is 4.87. The van der Waals surface area contributed by atoms with E-state index in [-0.39, 0.29) is 0 Å². The van der Waals surface area contributed by atoms with Gasteiger partial charge in [0.1, 0.15) is 4.38 Å². The van der Waals surface area contributed by atoms with Gasteiger partial charge in [-0.05, 0) is 12.1 Å². The Kier molecular flexibility index (Phi) is 2.23. The highest BCUT2D eigenvalue weighted by molar-refractivity contribution is 8.32. The molecule has 0 spiro atoms. The number of nitrogens with zero attached hydrogens (tertiary/aromatic N) is 3. The molecule has 1 aliphatic heterocycles. The Bertz CT molecular complexity index is 299. The minimum absolute atomic E-state index is 0.804. The first-order valence-electron chi connectivity index (χ1n) is 3.44. The number of hydrazone groups is 1. The highest BCUT2D eigenvalue weighted by atomic mass is 32.2. The van der Waals surface area contributed by atoms with Crippen LogP contribution in [-0.4, -0.2) is 15.2 Å². The van der Waals surface area contributed by atoms with Gasteiger partial charge in [-0.25, -0.2) is 0 Å². The summed E-state index contributed by atoms with van der Waals surface area (Å²) in [7, 11) is 0. The maximum atomic E-state index is 4.20. The van der Waals surface area contributed by atoms with E-state index in [0.717, 1.165) is 15.9 Å². The SMILES string of the molecule is SC1=NN(c2cccnc2)CS1. The summed E-state index contributed by atoms with van der Waals surface area (Å²) in [6.07, 6.45) is 3.54. The van der Waals surface area contributed by atoms with Crippen LogP contribution in [0.2, 0.25) is 0 Å². The Hall–Kier alpha value is -0.680. The Labute approximate surface area is 80.3 Å². The largest absolute Gasteiger partial charge is 0.262 e. The van der Waals surface area contributed by atoms with Crippen molar-refractivity contribution in [3.63, 3.8) is 0 Å². The van der Waals surface area contributed by atoms with Gasteiger partial charge in [0.2, 0.25) is 0 Å². The minimum Gasteiger partial charge on any atom is -0.262 e. The molecule has 0 atom stereocenters. The van der Waals surface area contributed by atoms with Crippen molar-refractivity contribution in [2.75, 3.05) is 10.9 Å². The molecule has 1 aromatic heterocycles. The first-order chi connectivity index (χ1) is 5.86. The third-order valence-electron chi connectivity index (χ3n) is 1.47. The smallest absolute Gasteiger partial charge is 0.149 e. The lowest BCUT2D eigenvalue weighted by Crippen LogP contribution is -2.10. The fourth-order valence-corrected chi connectivity index (χ4v) is 1.80. The van der Waals surface area contributed by atoms with Crippen molar-refractivity contribution in [2.45, 2.75) is 0 Å². The molecule has 2 rings (SSSR count). The molecule has 2 heterocycles. The van der Waals surface area contributed by atoms with E-state index in [1.807, 2.05) is 17.1 Å². The summed E-state index contributed by atoms with van der Waals surface area (Å²) in [5.74, 6) is 0.824. The molecular weight excluding hydrogens is 190 g/mol. The zero-order valence-electron chi connectivity index (χ0n) is 6.21. The summed E-state index contributed by atoms with van der Waals surface area (Å²) >= 11 is 5.77. The normalized spacial score (nSPS) is 16.4. The van der Waals surface area contributed by atoms with Gasteiger partial charge in [0.15, 0.2) is 0 Å². The Balaban J connectivity index is 2.22. The second-order valence-corrected chi connectivity index (χ2v) is 3.93. The molecule has 5 heteroatoms. The van der Waals surface area contributed by atoms with Gasteiger partial charge in [-0.1, -0.05) is 11.8 Å². The van der Waals surface area contributed by atoms with Crippen LogP contribution in [0.4, 0.5) is 5.69 Å². The van der Waals surface area contributed by atoms with Gasteiger partial charge in [0.05, 0.1) is 17.8 Å². The monoisotopic (exact) mass is 197 g/mol. The fourth-order valence-electron chi connectivity index (χ4n) is 0.919. The topological polar surface area (TPSA) is 28.5 Å². The molecule has 0 saturated carbocycles. The van der Waals surface area contributed by atoms with Crippen molar-refractivity contribution >= 4 is 34.5 Å². The highest BCUT2D eigenvalue weighted by Gasteiger charge is 2.13. The van der Waals surface area contributed by atoms with Crippen LogP contribution in [0.15, 0.2) is 29.6 Å². The van der Waals surface area contributed by atoms with Gasteiger partial charge < -0.3 is 0 Å². The Morgan fingerprint density at radius 3 is 3.08 bits per heavy atom. The molecule has 0 unspecified atom stereocenters. The van der Waals surface area contributed by atoms with Crippen molar-refractivity contribution in [1.29, 1.82) is 0 Å². The molecule has 0 N–H and O–H groups in total. The van der Waals surface area contributed by atoms with Crippen LogP contribution in [-0.2, 0) is 0 Å². The van der Waals surface area contributed by atoms with Gasteiger partial charge in [0, 0.05) is 6.20 Å². The van der Waals surface area contributed by atoms with Gasteiger partial charge >= 0.3 is 0 Å². The number of rotatable bonds is 1. The quantitative estimate of drug-likeness (QED) is 0.696. The van der Waals surface area contributed by atoms with Crippen LogP contribution in [0, 0.1) is 0 Å². The van der Waals surface area contributed by atoms with Crippen molar-refractivity contribution in [1.82, 2.24) is 4.98 Å². The standard InChI is InChI=1S/C7H7N3S2/c11-7-9-10(5-12-7)6-2-1-3-8-4-6/h1-4H,5H2,(H,9,11). The third-order valence-corrected chi connectivity index (χ3v) is 2.66. The van der Waals surface area contributed by atoms with Gasteiger partial charge in [-0.3, -0.25) is 9.99 Å². The lowest BCUT2D eigenvalue weighted by atomic mass is 10.4. The van der Waals surface area contributed by atoms with Crippen LogP contribution >= 0.6 is 24.4 Å². The number of hydrogen-bond donors (Lipinski definition) is 1. The molecule has 0 saturated heterocycles. The second kappa shape index (κ2) is 3.37. The van der Waals surface area contributed by atoms with Crippen LogP contribution in [0.25, 0.3) is 0 Å². The Morgan fingerprint density at radius 2 is 2.50 bits per heavy atom. The summed E-state index contributed by atoms with van der Waals surface area (Å²) in [6, 6.07) is 3.87. The number of anilines is 1. The minimum atomic E-state index is 0.804. The molecule has 0 fully saturated rings. The van der Waals surface area contributed by atoms with E-state index < -0.39 is 0 Å². The number of thiol groups is 1. The number of thioether (sulfide) groups is 1. The van der Waals surface area contributed by atoms with E-state index in [9.17, 15) is 0 Å². The summed E-state index contributed by atoms with van der Waals surface area (Å²) < 4.78 is 0.804. The molecule has 0 radical (unpaired) electrons. The summed E-state index contributed by atoms with van der Waals surface area (Å²) in [5, 5.41) is 6.07. The van der Waals surface area contributed by atoms with E-state index in [4.69, 9.17) is 0 Å². The fraction of sp³-hybridized carbons (Fsp3) is 0.143. The predicted molar refractivity (Wildman–Crippen MR) is 55.6 cm³/mol. The zero-order valence-corrected chi connectivity index (χ0v) is 7.92. The van der Waals surface area contributed by atoms with Crippen LogP contribution < -0.4 is 5.01 Å². The van der Waals surface area contributed by atoms with Crippen molar-refractivity contribution in [3.05, 3.63) is 24.5 Å².